The molecule has 0 aliphatic carbocycles. The van der Waals surface area contributed by atoms with E-state index in [-0.39, 0.29) is 0 Å². The molecule has 1 aromatic heterocycles. The maximum atomic E-state index is 5.19. The standard InChI is InChI=1S/C5H12N4O3Si/c1-10-13(11-2,12-3)5-9-4-6-7-8-9/h4H,5H2,1-3H3. The Bertz CT molecular complexity index is 230. The highest BCUT2D eigenvalue weighted by Gasteiger charge is 2.39. The van der Waals surface area contributed by atoms with Crippen molar-refractivity contribution >= 4 is 8.80 Å². The molecule has 0 unspecified atom stereocenters. The van der Waals surface area contributed by atoms with Gasteiger partial charge in [0.15, 0.2) is 0 Å². The van der Waals surface area contributed by atoms with Crippen LogP contribution in [-0.4, -0.2) is 50.3 Å². The van der Waals surface area contributed by atoms with E-state index in [1.54, 1.807) is 21.3 Å². The van der Waals surface area contributed by atoms with Crippen LogP contribution in [0.15, 0.2) is 6.33 Å². The highest BCUT2D eigenvalue weighted by atomic mass is 28.4. The highest BCUT2D eigenvalue weighted by Crippen LogP contribution is 2.07. The van der Waals surface area contributed by atoms with Crippen molar-refractivity contribution in [1.29, 1.82) is 0 Å². The molecule has 1 aromatic rings. The van der Waals surface area contributed by atoms with Gasteiger partial charge in [-0.1, -0.05) is 0 Å². The van der Waals surface area contributed by atoms with Crippen LogP contribution in [0.1, 0.15) is 0 Å². The largest absolute Gasteiger partial charge is 0.522 e. The SMILES string of the molecule is CO[Si](Cn1cnnn1)(OC)OC. The Morgan fingerprint density at radius 2 is 1.85 bits per heavy atom. The van der Waals surface area contributed by atoms with Gasteiger partial charge in [-0.2, -0.15) is 0 Å². The Morgan fingerprint density at radius 3 is 2.23 bits per heavy atom. The monoisotopic (exact) mass is 204 g/mol. The zero-order valence-electron chi connectivity index (χ0n) is 7.80. The molecule has 1 heterocycles. The summed E-state index contributed by atoms with van der Waals surface area (Å²) >= 11 is 0. The Kier molecular flexibility index (Phi) is 3.48. The molecule has 7 nitrogen and oxygen atoms in total. The fourth-order valence-electron chi connectivity index (χ4n) is 0.895. The minimum Gasteiger partial charge on any atom is -0.376 e. The number of tetrazole rings is 1. The Morgan fingerprint density at radius 1 is 1.23 bits per heavy atom. The second kappa shape index (κ2) is 4.42. The summed E-state index contributed by atoms with van der Waals surface area (Å²) in [6, 6.07) is 0. The van der Waals surface area contributed by atoms with Crippen LogP contribution >= 0.6 is 0 Å². The van der Waals surface area contributed by atoms with Gasteiger partial charge in [-0.05, 0) is 10.4 Å². The van der Waals surface area contributed by atoms with Crippen LogP contribution in [0, 0.1) is 0 Å². The van der Waals surface area contributed by atoms with E-state index < -0.39 is 8.80 Å². The van der Waals surface area contributed by atoms with E-state index in [1.807, 2.05) is 0 Å². The lowest BCUT2D eigenvalue weighted by Crippen LogP contribution is -2.47. The smallest absolute Gasteiger partial charge is 0.376 e. The first kappa shape index (κ1) is 10.2. The van der Waals surface area contributed by atoms with Crippen LogP contribution in [-0.2, 0) is 19.4 Å². The van der Waals surface area contributed by atoms with Gasteiger partial charge in [0.1, 0.15) is 12.5 Å². The van der Waals surface area contributed by atoms with Gasteiger partial charge in [-0.25, -0.2) is 4.68 Å². The lowest BCUT2D eigenvalue weighted by atomic mass is 11.2. The molecule has 0 spiro atoms. The zero-order valence-corrected chi connectivity index (χ0v) is 8.80. The number of nitrogens with zero attached hydrogens (tertiary/aromatic N) is 4. The fraction of sp³-hybridized carbons (Fsp3) is 0.800. The summed E-state index contributed by atoms with van der Waals surface area (Å²) < 4.78 is 17.1. The van der Waals surface area contributed by atoms with E-state index in [4.69, 9.17) is 13.3 Å². The minimum absolute atomic E-state index is 0.406. The molecule has 13 heavy (non-hydrogen) atoms. The van der Waals surface area contributed by atoms with Crippen LogP contribution in [0.25, 0.3) is 0 Å². The first-order chi connectivity index (χ1) is 6.26. The van der Waals surface area contributed by atoms with Crippen molar-refractivity contribution in [3.8, 4) is 0 Å². The summed E-state index contributed by atoms with van der Waals surface area (Å²) in [6.07, 6.45) is 1.89. The molecule has 0 saturated carbocycles. The normalized spacial score (nSPS) is 11.9. The molecular weight excluding hydrogens is 192 g/mol. The predicted molar refractivity (Wildman–Crippen MR) is 44.6 cm³/mol. The first-order valence-corrected chi connectivity index (χ1v) is 5.56. The maximum absolute atomic E-state index is 5.19. The van der Waals surface area contributed by atoms with Gasteiger partial charge in [0.05, 0.1) is 0 Å². The number of hydrogen-bond donors (Lipinski definition) is 0. The summed E-state index contributed by atoms with van der Waals surface area (Å²) in [4.78, 5) is 0. The molecule has 0 radical (unpaired) electrons. The second-order valence-corrected chi connectivity index (χ2v) is 5.21. The highest BCUT2D eigenvalue weighted by molar-refractivity contribution is 6.59. The van der Waals surface area contributed by atoms with E-state index in [2.05, 4.69) is 15.5 Å². The van der Waals surface area contributed by atoms with Crippen molar-refractivity contribution in [3.63, 3.8) is 0 Å². The lowest BCUT2D eigenvalue weighted by Gasteiger charge is -2.23. The van der Waals surface area contributed by atoms with Crippen LogP contribution < -0.4 is 0 Å². The Labute approximate surface area is 77.0 Å². The van der Waals surface area contributed by atoms with Crippen molar-refractivity contribution in [2.75, 3.05) is 21.3 Å². The number of rotatable bonds is 5. The predicted octanol–water partition coefficient (Wildman–Crippen LogP) is -0.910. The molecule has 8 heteroatoms. The Hall–Kier alpha value is -0.833. The average molecular weight is 204 g/mol. The molecule has 74 valence electrons. The van der Waals surface area contributed by atoms with Crippen molar-refractivity contribution in [3.05, 3.63) is 6.33 Å². The average Bonchev–Trinajstić information content (AvgIpc) is 2.67. The fourth-order valence-corrected chi connectivity index (χ4v) is 2.32. The lowest BCUT2D eigenvalue weighted by molar-refractivity contribution is 0.114. The number of aromatic nitrogens is 4. The zero-order chi connectivity index (χ0) is 9.73. The van der Waals surface area contributed by atoms with E-state index in [0.717, 1.165) is 0 Å². The van der Waals surface area contributed by atoms with Crippen LogP contribution in [0.3, 0.4) is 0 Å². The molecule has 0 saturated heterocycles. The quantitative estimate of drug-likeness (QED) is 0.578. The van der Waals surface area contributed by atoms with E-state index >= 15 is 0 Å². The van der Waals surface area contributed by atoms with Gasteiger partial charge in [0, 0.05) is 21.3 Å². The maximum Gasteiger partial charge on any atom is 0.522 e. The third-order valence-corrected chi connectivity index (χ3v) is 4.26. The van der Waals surface area contributed by atoms with E-state index in [9.17, 15) is 0 Å². The van der Waals surface area contributed by atoms with Gasteiger partial charge in [0.2, 0.25) is 0 Å². The van der Waals surface area contributed by atoms with Crippen LogP contribution in [0.2, 0.25) is 0 Å². The van der Waals surface area contributed by atoms with Crippen molar-refractivity contribution in [2.45, 2.75) is 6.17 Å². The summed E-state index contributed by atoms with van der Waals surface area (Å²) in [6.45, 7) is 0. The van der Waals surface area contributed by atoms with Gasteiger partial charge in [-0.3, -0.25) is 0 Å². The van der Waals surface area contributed by atoms with E-state index in [1.165, 1.54) is 11.0 Å². The van der Waals surface area contributed by atoms with E-state index in [0.29, 0.717) is 6.17 Å². The molecular formula is C5H12N4O3Si. The summed E-state index contributed by atoms with van der Waals surface area (Å²) in [7, 11) is 2.03. The third kappa shape index (κ3) is 2.31. The molecule has 0 aromatic carbocycles. The molecule has 0 aliphatic rings. The summed E-state index contributed by atoms with van der Waals surface area (Å²) in [5.74, 6) is 0. The van der Waals surface area contributed by atoms with Crippen molar-refractivity contribution in [2.24, 2.45) is 0 Å². The molecule has 0 amide bonds. The van der Waals surface area contributed by atoms with Gasteiger partial charge in [-0.15, -0.1) is 5.10 Å². The molecule has 0 bridgehead atoms. The molecule has 1 rings (SSSR count). The molecule has 0 N–H and O–H groups in total. The number of hydrogen-bond acceptors (Lipinski definition) is 6. The molecule has 0 fully saturated rings. The Balaban J connectivity index is 2.67. The van der Waals surface area contributed by atoms with Crippen LogP contribution in [0.4, 0.5) is 0 Å². The van der Waals surface area contributed by atoms with Gasteiger partial charge in [0.25, 0.3) is 0 Å². The van der Waals surface area contributed by atoms with Gasteiger partial charge < -0.3 is 13.3 Å². The third-order valence-electron chi connectivity index (χ3n) is 1.68. The topological polar surface area (TPSA) is 71.3 Å². The van der Waals surface area contributed by atoms with Crippen LogP contribution in [0.5, 0.6) is 0 Å². The van der Waals surface area contributed by atoms with Crippen molar-refractivity contribution in [1.82, 2.24) is 20.2 Å². The van der Waals surface area contributed by atoms with Gasteiger partial charge >= 0.3 is 8.80 Å². The second-order valence-electron chi connectivity index (χ2n) is 2.30. The van der Waals surface area contributed by atoms with Crippen molar-refractivity contribution < 1.29 is 13.3 Å². The molecule has 0 atom stereocenters. The summed E-state index contributed by atoms with van der Waals surface area (Å²) in [5.41, 5.74) is 0. The summed E-state index contributed by atoms with van der Waals surface area (Å²) in [5, 5.41) is 10.7. The first-order valence-electron chi connectivity index (χ1n) is 3.62. The minimum atomic E-state index is -2.60. The molecule has 0 aliphatic heterocycles.